The molecule has 3 rings (SSSR count). The van der Waals surface area contributed by atoms with Gasteiger partial charge in [0.15, 0.2) is 11.5 Å². The van der Waals surface area contributed by atoms with Crippen LogP contribution in [0.15, 0.2) is 23.2 Å². The summed E-state index contributed by atoms with van der Waals surface area (Å²) in [5, 5.41) is 3.36. The summed E-state index contributed by atoms with van der Waals surface area (Å²) in [6.07, 6.45) is 6.57. The second kappa shape index (κ2) is 4.03. The molecule has 3 heterocycles. The van der Waals surface area contributed by atoms with Gasteiger partial charge in [0.2, 0.25) is 0 Å². The second-order valence-corrected chi connectivity index (χ2v) is 4.59. The Balaban J connectivity index is 1.97. The number of imidazole rings is 1. The quantitative estimate of drug-likeness (QED) is 0.911. The molecule has 1 atom stereocenters. The SMILES string of the molecule is Brc1cn2ccnc2c(NC2CCOC2)n1. The fraction of sp³-hybridized carbons (Fsp3) is 0.400. The molecule has 0 bridgehead atoms. The van der Waals surface area contributed by atoms with Gasteiger partial charge < -0.3 is 14.5 Å². The Morgan fingerprint density at radius 2 is 2.50 bits per heavy atom. The van der Waals surface area contributed by atoms with Crippen molar-refractivity contribution in [3.63, 3.8) is 0 Å². The van der Waals surface area contributed by atoms with Crippen LogP contribution in [-0.2, 0) is 4.74 Å². The van der Waals surface area contributed by atoms with E-state index in [1.807, 2.05) is 16.8 Å². The summed E-state index contributed by atoms with van der Waals surface area (Å²) < 4.78 is 8.05. The molecule has 1 fully saturated rings. The molecule has 1 aliphatic rings. The zero-order chi connectivity index (χ0) is 11.0. The third-order valence-corrected chi connectivity index (χ3v) is 3.00. The maximum atomic E-state index is 5.32. The minimum Gasteiger partial charge on any atom is -0.379 e. The van der Waals surface area contributed by atoms with E-state index >= 15 is 0 Å². The van der Waals surface area contributed by atoms with E-state index in [1.54, 1.807) is 6.20 Å². The number of anilines is 1. The molecule has 0 radical (unpaired) electrons. The average molecular weight is 283 g/mol. The van der Waals surface area contributed by atoms with Gasteiger partial charge in [-0.25, -0.2) is 9.97 Å². The molecule has 16 heavy (non-hydrogen) atoms. The van der Waals surface area contributed by atoms with Gasteiger partial charge in [-0.05, 0) is 22.4 Å². The largest absolute Gasteiger partial charge is 0.379 e. The molecule has 0 amide bonds. The summed E-state index contributed by atoms with van der Waals surface area (Å²) in [4.78, 5) is 8.68. The highest BCUT2D eigenvalue weighted by Gasteiger charge is 2.17. The lowest BCUT2D eigenvalue weighted by Gasteiger charge is -2.12. The summed E-state index contributed by atoms with van der Waals surface area (Å²) in [5.41, 5.74) is 0.843. The van der Waals surface area contributed by atoms with Crippen molar-refractivity contribution in [1.29, 1.82) is 0 Å². The summed E-state index contributed by atoms with van der Waals surface area (Å²) in [5.74, 6) is 0.801. The van der Waals surface area contributed by atoms with Gasteiger partial charge in [-0.2, -0.15) is 0 Å². The van der Waals surface area contributed by atoms with Crippen molar-refractivity contribution in [1.82, 2.24) is 14.4 Å². The molecule has 0 spiro atoms. The zero-order valence-corrected chi connectivity index (χ0v) is 10.1. The Morgan fingerprint density at radius 1 is 1.56 bits per heavy atom. The minimum atomic E-state index is 0.335. The van der Waals surface area contributed by atoms with Gasteiger partial charge in [-0.1, -0.05) is 0 Å². The lowest BCUT2D eigenvalue weighted by atomic mass is 10.2. The Bertz CT molecular complexity index is 506. The predicted molar refractivity (Wildman–Crippen MR) is 63.5 cm³/mol. The highest BCUT2D eigenvalue weighted by atomic mass is 79.9. The maximum Gasteiger partial charge on any atom is 0.180 e. The van der Waals surface area contributed by atoms with Gasteiger partial charge in [0.1, 0.15) is 4.60 Å². The van der Waals surface area contributed by atoms with Gasteiger partial charge in [-0.3, -0.25) is 0 Å². The maximum absolute atomic E-state index is 5.32. The summed E-state index contributed by atoms with van der Waals surface area (Å²) in [6.45, 7) is 1.55. The molecule has 0 saturated carbocycles. The number of halogens is 1. The Hall–Kier alpha value is -1.14. The minimum absolute atomic E-state index is 0.335. The predicted octanol–water partition coefficient (Wildman–Crippen LogP) is 1.69. The number of aromatic nitrogens is 3. The summed E-state index contributed by atoms with van der Waals surface area (Å²) in [6, 6.07) is 0.335. The number of hydrogen-bond acceptors (Lipinski definition) is 4. The molecular weight excluding hydrogens is 272 g/mol. The third kappa shape index (κ3) is 1.78. The van der Waals surface area contributed by atoms with Crippen molar-refractivity contribution >= 4 is 27.4 Å². The van der Waals surface area contributed by atoms with E-state index in [2.05, 4.69) is 31.2 Å². The van der Waals surface area contributed by atoms with Crippen LogP contribution < -0.4 is 5.32 Å². The molecule has 0 aliphatic carbocycles. The van der Waals surface area contributed by atoms with Gasteiger partial charge in [0.25, 0.3) is 0 Å². The molecule has 84 valence electrons. The molecule has 1 N–H and O–H groups in total. The fourth-order valence-electron chi connectivity index (χ4n) is 1.84. The molecular formula is C10H11BrN4O. The molecule has 1 unspecified atom stereocenters. The van der Waals surface area contributed by atoms with Crippen molar-refractivity contribution in [2.24, 2.45) is 0 Å². The van der Waals surface area contributed by atoms with Gasteiger partial charge in [-0.15, -0.1) is 0 Å². The zero-order valence-electron chi connectivity index (χ0n) is 8.56. The number of nitrogens with zero attached hydrogens (tertiary/aromatic N) is 3. The van der Waals surface area contributed by atoms with E-state index < -0.39 is 0 Å². The lowest BCUT2D eigenvalue weighted by molar-refractivity contribution is 0.195. The molecule has 0 aromatic carbocycles. The first-order valence-electron chi connectivity index (χ1n) is 5.16. The highest BCUT2D eigenvalue weighted by molar-refractivity contribution is 9.10. The number of hydrogen-bond donors (Lipinski definition) is 1. The van der Waals surface area contributed by atoms with Crippen LogP contribution in [0.25, 0.3) is 5.65 Å². The third-order valence-electron chi connectivity index (χ3n) is 2.62. The summed E-state index contributed by atoms with van der Waals surface area (Å²) in [7, 11) is 0. The van der Waals surface area contributed by atoms with Crippen LogP contribution in [0.4, 0.5) is 5.82 Å². The average Bonchev–Trinajstić information content (AvgIpc) is 2.87. The van der Waals surface area contributed by atoms with E-state index in [4.69, 9.17) is 4.74 Å². The van der Waals surface area contributed by atoms with E-state index in [9.17, 15) is 0 Å². The number of fused-ring (bicyclic) bond motifs is 1. The van der Waals surface area contributed by atoms with Crippen molar-refractivity contribution in [2.45, 2.75) is 12.5 Å². The lowest BCUT2D eigenvalue weighted by Crippen LogP contribution is -2.20. The van der Waals surface area contributed by atoms with Crippen molar-refractivity contribution in [3.05, 3.63) is 23.2 Å². The van der Waals surface area contributed by atoms with Crippen molar-refractivity contribution < 1.29 is 4.74 Å². The second-order valence-electron chi connectivity index (χ2n) is 3.78. The van der Waals surface area contributed by atoms with Crippen LogP contribution in [0.1, 0.15) is 6.42 Å². The summed E-state index contributed by atoms with van der Waals surface area (Å²) >= 11 is 3.39. The first-order valence-corrected chi connectivity index (χ1v) is 5.96. The van der Waals surface area contributed by atoms with Gasteiger partial charge >= 0.3 is 0 Å². The molecule has 5 nitrogen and oxygen atoms in total. The van der Waals surface area contributed by atoms with Crippen LogP contribution in [0.5, 0.6) is 0 Å². The topological polar surface area (TPSA) is 51.5 Å². The number of rotatable bonds is 2. The van der Waals surface area contributed by atoms with Crippen LogP contribution >= 0.6 is 15.9 Å². The molecule has 1 aliphatic heterocycles. The van der Waals surface area contributed by atoms with E-state index in [-0.39, 0.29) is 0 Å². The van der Waals surface area contributed by atoms with Crippen LogP contribution in [-0.4, -0.2) is 33.6 Å². The Morgan fingerprint density at radius 3 is 3.31 bits per heavy atom. The van der Waals surface area contributed by atoms with Crippen LogP contribution in [0.3, 0.4) is 0 Å². The first-order chi connectivity index (χ1) is 7.83. The molecule has 2 aromatic heterocycles. The Labute approximate surface area is 101 Å². The molecule has 2 aromatic rings. The van der Waals surface area contributed by atoms with Crippen LogP contribution in [0, 0.1) is 0 Å². The standard InChI is InChI=1S/C10H11BrN4O/c11-8-5-15-3-2-12-10(15)9(14-8)13-7-1-4-16-6-7/h2-3,5,7H,1,4,6H2,(H,13,14). The number of nitrogens with one attached hydrogen (secondary N) is 1. The van der Waals surface area contributed by atoms with E-state index in [1.165, 1.54) is 0 Å². The van der Waals surface area contributed by atoms with E-state index in [0.29, 0.717) is 6.04 Å². The fourth-order valence-corrected chi connectivity index (χ4v) is 2.24. The Kier molecular flexibility index (Phi) is 2.53. The van der Waals surface area contributed by atoms with Crippen LogP contribution in [0.2, 0.25) is 0 Å². The smallest absolute Gasteiger partial charge is 0.180 e. The van der Waals surface area contributed by atoms with E-state index in [0.717, 1.165) is 35.7 Å². The number of ether oxygens (including phenoxy) is 1. The first kappa shape index (κ1) is 10.0. The highest BCUT2D eigenvalue weighted by Crippen LogP contribution is 2.19. The van der Waals surface area contributed by atoms with Crippen molar-refractivity contribution in [3.8, 4) is 0 Å². The normalized spacial score (nSPS) is 20.4. The monoisotopic (exact) mass is 282 g/mol. The van der Waals surface area contributed by atoms with Gasteiger partial charge in [0, 0.05) is 25.2 Å². The van der Waals surface area contributed by atoms with Crippen molar-refractivity contribution in [2.75, 3.05) is 18.5 Å². The molecule has 6 heteroatoms. The van der Waals surface area contributed by atoms with Gasteiger partial charge in [0.05, 0.1) is 12.6 Å². The molecule has 1 saturated heterocycles.